The third-order valence-electron chi connectivity index (χ3n) is 7.71. The van der Waals surface area contributed by atoms with Crippen LogP contribution in [0.3, 0.4) is 0 Å². The van der Waals surface area contributed by atoms with E-state index in [1.54, 1.807) is 10.8 Å². The lowest BCUT2D eigenvalue weighted by Crippen LogP contribution is -2.38. The minimum absolute atomic E-state index is 0.213. The van der Waals surface area contributed by atoms with Crippen LogP contribution in [0.4, 0.5) is 11.6 Å². The number of imidazole rings is 1. The molecule has 212 valence electrons. The Morgan fingerprint density at radius 2 is 1.69 bits per heavy atom. The third kappa shape index (κ3) is 4.74. The second-order valence-electron chi connectivity index (χ2n) is 10.5. The van der Waals surface area contributed by atoms with Gasteiger partial charge in [-0.2, -0.15) is 4.98 Å². The van der Waals surface area contributed by atoms with Gasteiger partial charge in [0.15, 0.2) is 5.65 Å². The molecule has 3 aromatic carbocycles. The van der Waals surface area contributed by atoms with E-state index in [4.69, 9.17) is 19.4 Å². The van der Waals surface area contributed by atoms with Crippen molar-refractivity contribution >= 4 is 39.5 Å². The lowest BCUT2D eigenvalue weighted by atomic mass is 10.1. The summed E-state index contributed by atoms with van der Waals surface area (Å²) in [6.45, 7) is 8.94. The Morgan fingerprint density at radius 1 is 0.929 bits per heavy atom. The monoisotopic (exact) mass is 561 g/mol. The predicted molar refractivity (Wildman–Crippen MR) is 163 cm³/mol. The summed E-state index contributed by atoms with van der Waals surface area (Å²) in [5, 5.41) is 3.68. The molecule has 0 radical (unpaired) electrons. The molecule has 1 fully saturated rings. The van der Waals surface area contributed by atoms with Crippen LogP contribution in [0.2, 0.25) is 0 Å². The highest BCUT2D eigenvalue weighted by Crippen LogP contribution is 2.26. The van der Waals surface area contributed by atoms with Crippen molar-refractivity contribution in [3.63, 3.8) is 0 Å². The van der Waals surface area contributed by atoms with Crippen LogP contribution in [0.25, 0.3) is 33.5 Å². The fourth-order valence-electron chi connectivity index (χ4n) is 5.58. The summed E-state index contributed by atoms with van der Waals surface area (Å²) in [4.78, 5) is 30.6. The maximum Gasteiger partial charge on any atom is 0.270 e. The summed E-state index contributed by atoms with van der Waals surface area (Å²) < 4.78 is 15.0. The van der Waals surface area contributed by atoms with Crippen molar-refractivity contribution in [2.45, 2.75) is 13.8 Å². The minimum atomic E-state index is -0.213. The average Bonchev–Trinajstić information content (AvgIpc) is 3.39. The van der Waals surface area contributed by atoms with Gasteiger partial charge >= 0.3 is 0 Å². The van der Waals surface area contributed by atoms with Gasteiger partial charge in [0.2, 0.25) is 11.7 Å². The van der Waals surface area contributed by atoms with Gasteiger partial charge in [0, 0.05) is 31.5 Å². The molecule has 1 N–H and O–H groups in total. The second-order valence-corrected chi connectivity index (χ2v) is 10.5. The number of morpholine rings is 1. The number of nitrogens with zero attached hydrogens (tertiary/aromatic N) is 6. The van der Waals surface area contributed by atoms with Crippen molar-refractivity contribution in [1.29, 1.82) is 0 Å². The zero-order valence-electron chi connectivity index (χ0n) is 23.6. The van der Waals surface area contributed by atoms with Crippen LogP contribution in [0.15, 0.2) is 77.7 Å². The highest BCUT2D eigenvalue weighted by Gasteiger charge is 2.20. The molecule has 3 aromatic heterocycles. The number of hydrogen-bond acceptors (Lipinski definition) is 8. The molecule has 7 rings (SSSR count). The molecule has 0 amide bonds. The van der Waals surface area contributed by atoms with E-state index in [0.717, 1.165) is 72.1 Å². The zero-order valence-corrected chi connectivity index (χ0v) is 23.6. The first-order valence-electron chi connectivity index (χ1n) is 14.1. The lowest BCUT2D eigenvalue weighted by Gasteiger charge is -2.26. The highest BCUT2D eigenvalue weighted by atomic mass is 16.5. The molecular formula is C32H31N7O3. The smallest absolute Gasteiger partial charge is 0.270 e. The number of anilines is 2. The standard InChI is InChI=1S/C32H31N7O3/c1-21-6-5-7-22(2)28(21)39-30(40)25-20-33-31(36-29(25)38-27-9-4-3-8-26(27)35-32(38)39)34-23-10-12-24(13-11-23)42-19-16-37-14-17-41-18-15-37/h3-13,20H,14-19H2,1-2H3,(H,33,34,36). The highest BCUT2D eigenvalue weighted by molar-refractivity contribution is 5.88. The summed E-state index contributed by atoms with van der Waals surface area (Å²) in [5.74, 6) is 1.69. The maximum atomic E-state index is 14.0. The van der Waals surface area contributed by atoms with Crippen molar-refractivity contribution in [2.75, 3.05) is 44.8 Å². The predicted octanol–water partition coefficient (Wildman–Crippen LogP) is 4.65. The van der Waals surface area contributed by atoms with Crippen LogP contribution in [0.1, 0.15) is 11.1 Å². The van der Waals surface area contributed by atoms with Crippen molar-refractivity contribution in [3.8, 4) is 11.4 Å². The molecule has 0 unspecified atom stereocenters. The van der Waals surface area contributed by atoms with E-state index in [0.29, 0.717) is 29.4 Å². The fraction of sp³-hybridized carbons (Fsp3) is 0.250. The molecule has 0 bridgehead atoms. The summed E-state index contributed by atoms with van der Waals surface area (Å²) in [6, 6.07) is 21.5. The van der Waals surface area contributed by atoms with Crippen LogP contribution in [-0.4, -0.2) is 68.3 Å². The SMILES string of the molecule is Cc1cccc(C)c1-n1c(=O)c2cnc(Nc3ccc(OCCN4CCOCC4)cc3)nc2n2c3ccccc3nc12. The van der Waals surface area contributed by atoms with Crippen molar-refractivity contribution < 1.29 is 9.47 Å². The van der Waals surface area contributed by atoms with E-state index < -0.39 is 0 Å². The Labute approximate surface area is 242 Å². The molecular weight excluding hydrogens is 530 g/mol. The number of rotatable bonds is 7. The number of aromatic nitrogens is 5. The van der Waals surface area contributed by atoms with Crippen molar-refractivity contribution in [1.82, 2.24) is 28.8 Å². The van der Waals surface area contributed by atoms with Crippen molar-refractivity contribution in [2.24, 2.45) is 0 Å². The van der Waals surface area contributed by atoms with Crippen LogP contribution >= 0.6 is 0 Å². The van der Waals surface area contributed by atoms with Gasteiger partial charge in [0.25, 0.3) is 5.56 Å². The Bertz CT molecular complexity index is 1960. The van der Waals surface area contributed by atoms with Gasteiger partial charge in [0.05, 0.1) is 29.9 Å². The summed E-state index contributed by atoms with van der Waals surface area (Å²) in [7, 11) is 0. The van der Waals surface area contributed by atoms with Crippen LogP contribution in [0, 0.1) is 13.8 Å². The largest absolute Gasteiger partial charge is 0.492 e. The van der Waals surface area contributed by atoms with E-state index >= 15 is 0 Å². The first-order valence-corrected chi connectivity index (χ1v) is 14.1. The average molecular weight is 562 g/mol. The van der Waals surface area contributed by atoms with Crippen LogP contribution in [-0.2, 0) is 4.74 Å². The molecule has 10 heteroatoms. The van der Waals surface area contributed by atoms with Gasteiger partial charge < -0.3 is 14.8 Å². The molecule has 0 spiro atoms. The molecule has 4 heterocycles. The Hall–Kier alpha value is -4.80. The van der Waals surface area contributed by atoms with Crippen molar-refractivity contribution in [3.05, 3.63) is 94.4 Å². The molecule has 1 saturated heterocycles. The van der Waals surface area contributed by atoms with E-state index in [1.807, 2.05) is 85.0 Å². The quantitative estimate of drug-likeness (QED) is 0.301. The molecule has 6 aromatic rings. The lowest BCUT2D eigenvalue weighted by molar-refractivity contribution is 0.0322. The topological polar surface area (TPSA) is 98.8 Å². The number of benzene rings is 3. The Morgan fingerprint density at radius 3 is 2.48 bits per heavy atom. The maximum absolute atomic E-state index is 14.0. The molecule has 0 aliphatic carbocycles. The molecule has 1 aliphatic rings. The number of para-hydroxylation sites is 3. The van der Waals surface area contributed by atoms with Gasteiger partial charge in [-0.25, -0.2) is 14.5 Å². The number of fused-ring (bicyclic) bond motifs is 5. The number of aryl methyl sites for hydroxylation is 2. The summed E-state index contributed by atoms with van der Waals surface area (Å²) in [5.41, 5.74) is 5.52. The summed E-state index contributed by atoms with van der Waals surface area (Å²) in [6.07, 6.45) is 1.59. The van der Waals surface area contributed by atoms with Gasteiger partial charge in [-0.05, 0) is 61.4 Å². The molecule has 10 nitrogen and oxygen atoms in total. The van der Waals surface area contributed by atoms with E-state index in [2.05, 4.69) is 15.2 Å². The first-order chi connectivity index (χ1) is 20.6. The zero-order chi connectivity index (χ0) is 28.6. The minimum Gasteiger partial charge on any atom is -0.492 e. The van der Waals surface area contributed by atoms with Gasteiger partial charge in [0.1, 0.15) is 17.7 Å². The van der Waals surface area contributed by atoms with Gasteiger partial charge in [-0.1, -0.05) is 30.3 Å². The second kappa shape index (κ2) is 10.9. The Balaban J connectivity index is 1.24. The third-order valence-corrected chi connectivity index (χ3v) is 7.71. The van der Waals surface area contributed by atoms with E-state index in [1.165, 1.54) is 0 Å². The molecule has 1 aliphatic heterocycles. The number of ether oxygens (including phenoxy) is 2. The molecule has 0 atom stereocenters. The Kier molecular flexibility index (Phi) is 6.77. The van der Waals surface area contributed by atoms with Gasteiger partial charge in [-0.15, -0.1) is 0 Å². The molecule has 42 heavy (non-hydrogen) atoms. The normalized spacial score (nSPS) is 14.1. The van der Waals surface area contributed by atoms with Crippen LogP contribution < -0.4 is 15.6 Å². The van der Waals surface area contributed by atoms with Gasteiger partial charge in [-0.3, -0.25) is 14.1 Å². The number of nitrogens with one attached hydrogen (secondary N) is 1. The van der Waals surface area contributed by atoms with E-state index in [-0.39, 0.29) is 5.56 Å². The van der Waals surface area contributed by atoms with E-state index in [9.17, 15) is 4.79 Å². The first kappa shape index (κ1) is 26.1. The molecule has 0 saturated carbocycles. The fourth-order valence-corrected chi connectivity index (χ4v) is 5.58. The van der Waals surface area contributed by atoms with Crippen LogP contribution in [0.5, 0.6) is 5.75 Å². The number of hydrogen-bond donors (Lipinski definition) is 1. The summed E-state index contributed by atoms with van der Waals surface area (Å²) >= 11 is 0.